The quantitative estimate of drug-likeness (QED) is 0.767. The summed E-state index contributed by atoms with van der Waals surface area (Å²) in [5.41, 5.74) is 4.22. The average Bonchev–Trinajstić information content (AvgIpc) is 2.67. The molecule has 2 aromatic heterocycles. The maximum absolute atomic E-state index is 4.43. The van der Waals surface area contributed by atoms with Gasteiger partial charge in [0.25, 0.3) is 0 Å². The van der Waals surface area contributed by atoms with Crippen LogP contribution in [0.3, 0.4) is 0 Å². The van der Waals surface area contributed by atoms with E-state index in [0.29, 0.717) is 6.54 Å². The van der Waals surface area contributed by atoms with Gasteiger partial charge in [-0.15, -0.1) is 0 Å². The third kappa shape index (κ3) is 3.28. The molecular formula is C18H20N6. The predicted octanol–water partition coefficient (Wildman–Crippen LogP) is 2.05. The molecule has 0 atom stereocenters. The van der Waals surface area contributed by atoms with E-state index in [4.69, 9.17) is 0 Å². The number of nitrogens with one attached hydrogen (secondary N) is 2. The van der Waals surface area contributed by atoms with Gasteiger partial charge in [-0.2, -0.15) is 0 Å². The second-order valence-electron chi connectivity index (χ2n) is 5.87. The largest absolute Gasteiger partial charge is 0.369 e. The molecule has 3 aromatic rings. The molecular weight excluding hydrogens is 300 g/mol. The van der Waals surface area contributed by atoms with E-state index in [1.165, 1.54) is 5.69 Å². The van der Waals surface area contributed by atoms with Crippen molar-refractivity contribution in [1.29, 1.82) is 0 Å². The van der Waals surface area contributed by atoms with Gasteiger partial charge in [0.2, 0.25) is 0 Å². The lowest BCUT2D eigenvalue weighted by atomic mass is 10.2. The predicted molar refractivity (Wildman–Crippen MR) is 96.2 cm³/mol. The molecule has 0 unspecified atom stereocenters. The number of benzene rings is 1. The topological polar surface area (TPSA) is 66.0 Å². The van der Waals surface area contributed by atoms with Crippen LogP contribution in [0.5, 0.6) is 0 Å². The number of rotatable bonds is 4. The second kappa shape index (κ2) is 6.80. The highest BCUT2D eigenvalue weighted by molar-refractivity contribution is 5.74. The zero-order valence-corrected chi connectivity index (χ0v) is 13.4. The Balaban J connectivity index is 1.46. The molecule has 0 bridgehead atoms. The molecule has 24 heavy (non-hydrogen) atoms. The van der Waals surface area contributed by atoms with Gasteiger partial charge < -0.3 is 15.5 Å². The lowest BCUT2D eigenvalue weighted by molar-refractivity contribution is 0.589. The molecule has 0 spiro atoms. The van der Waals surface area contributed by atoms with Crippen molar-refractivity contribution < 1.29 is 0 Å². The minimum atomic E-state index is 0.713. The number of nitrogens with zero attached hydrogens (tertiary/aromatic N) is 4. The first-order valence-corrected chi connectivity index (χ1v) is 8.24. The van der Waals surface area contributed by atoms with Crippen LogP contribution < -0.4 is 15.5 Å². The molecule has 1 aromatic carbocycles. The van der Waals surface area contributed by atoms with Gasteiger partial charge in [-0.25, -0.2) is 4.98 Å². The summed E-state index contributed by atoms with van der Waals surface area (Å²) in [7, 11) is 0. The maximum Gasteiger partial charge on any atom is 0.128 e. The Morgan fingerprint density at radius 2 is 1.75 bits per heavy atom. The van der Waals surface area contributed by atoms with Gasteiger partial charge in [-0.1, -0.05) is 6.07 Å². The van der Waals surface area contributed by atoms with Crippen molar-refractivity contribution in [2.45, 2.75) is 6.54 Å². The minimum Gasteiger partial charge on any atom is -0.369 e. The van der Waals surface area contributed by atoms with Gasteiger partial charge in [-0.3, -0.25) is 9.97 Å². The van der Waals surface area contributed by atoms with E-state index < -0.39 is 0 Å². The number of anilines is 2. The van der Waals surface area contributed by atoms with E-state index in [1.54, 1.807) is 12.4 Å². The van der Waals surface area contributed by atoms with E-state index >= 15 is 0 Å². The van der Waals surface area contributed by atoms with Gasteiger partial charge in [-0.05, 0) is 23.8 Å². The third-order valence-electron chi connectivity index (χ3n) is 4.23. The van der Waals surface area contributed by atoms with E-state index in [0.717, 1.165) is 48.6 Å². The highest BCUT2D eigenvalue weighted by Gasteiger charge is 2.10. The van der Waals surface area contributed by atoms with Crippen LogP contribution in [0.2, 0.25) is 0 Å². The normalized spacial score (nSPS) is 14.8. The van der Waals surface area contributed by atoms with Crippen LogP contribution in [0.4, 0.5) is 11.5 Å². The van der Waals surface area contributed by atoms with E-state index in [9.17, 15) is 0 Å². The molecule has 1 aliphatic rings. The standard InChI is InChI=1S/C18H20N6/c1-2-16-17(21-6-5-20-16)11-14(1)13-23-18-12-15(3-4-22-18)24-9-7-19-8-10-24/h1-6,11-12,19H,7-10,13H2,(H,22,23). The SMILES string of the molecule is c1cc(N2CCNCC2)cc(NCc2ccc3nccnc3c2)n1. The highest BCUT2D eigenvalue weighted by atomic mass is 15.2. The van der Waals surface area contributed by atoms with Crippen LogP contribution in [-0.4, -0.2) is 41.1 Å². The highest BCUT2D eigenvalue weighted by Crippen LogP contribution is 2.19. The van der Waals surface area contributed by atoms with Gasteiger partial charge in [0.15, 0.2) is 0 Å². The van der Waals surface area contributed by atoms with Crippen molar-refractivity contribution in [3.63, 3.8) is 0 Å². The summed E-state index contributed by atoms with van der Waals surface area (Å²) in [5, 5.41) is 6.78. The van der Waals surface area contributed by atoms with Crippen molar-refractivity contribution in [1.82, 2.24) is 20.3 Å². The van der Waals surface area contributed by atoms with Gasteiger partial charge in [0.05, 0.1) is 11.0 Å². The zero-order chi connectivity index (χ0) is 16.2. The number of aromatic nitrogens is 3. The van der Waals surface area contributed by atoms with Crippen molar-refractivity contribution >= 4 is 22.5 Å². The number of fused-ring (bicyclic) bond motifs is 1. The van der Waals surface area contributed by atoms with Crippen LogP contribution in [0.25, 0.3) is 11.0 Å². The smallest absolute Gasteiger partial charge is 0.128 e. The summed E-state index contributed by atoms with van der Waals surface area (Å²) in [5.74, 6) is 0.894. The van der Waals surface area contributed by atoms with Gasteiger partial charge >= 0.3 is 0 Å². The van der Waals surface area contributed by atoms with Crippen LogP contribution in [0.15, 0.2) is 48.9 Å². The summed E-state index contributed by atoms with van der Waals surface area (Å²) in [6, 6.07) is 10.3. The first kappa shape index (κ1) is 14.8. The second-order valence-corrected chi connectivity index (χ2v) is 5.87. The minimum absolute atomic E-state index is 0.713. The molecule has 1 saturated heterocycles. The molecule has 0 saturated carbocycles. The third-order valence-corrected chi connectivity index (χ3v) is 4.23. The molecule has 3 heterocycles. The number of hydrogen-bond acceptors (Lipinski definition) is 6. The summed E-state index contributed by atoms with van der Waals surface area (Å²) in [6.07, 6.45) is 5.30. The fraction of sp³-hybridized carbons (Fsp3) is 0.278. The maximum atomic E-state index is 4.43. The molecule has 122 valence electrons. The van der Waals surface area contributed by atoms with Crippen molar-refractivity contribution in [2.75, 3.05) is 36.4 Å². The number of pyridine rings is 1. The molecule has 0 aliphatic carbocycles. The lowest BCUT2D eigenvalue weighted by Gasteiger charge is -2.29. The fourth-order valence-electron chi connectivity index (χ4n) is 2.95. The van der Waals surface area contributed by atoms with Crippen LogP contribution in [-0.2, 0) is 6.54 Å². The molecule has 0 radical (unpaired) electrons. The summed E-state index contributed by atoms with van der Waals surface area (Å²) < 4.78 is 0. The Morgan fingerprint density at radius 1 is 0.917 bits per heavy atom. The number of hydrogen-bond donors (Lipinski definition) is 2. The molecule has 4 rings (SSSR count). The van der Waals surface area contributed by atoms with E-state index in [-0.39, 0.29) is 0 Å². The summed E-state index contributed by atoms with van der Waals surface area (Å²) in [4.78, 5) is 15.5. The van der Waals surface area contributed by atoms with Crippen LogP contribution in [0.1, 0.15) is 5.56 Å². The monoisotopic (exact) mass is 320 g/mol. The first-order valence-electron chi connectivity index (χ1n) is 8.24. The molecule has 6 nitrogen and oxygen atoms in total. The first-order chi connectivity index (χ1) is 11.9. The lowest BCUT2D eigenvalue weighted by Crippen LogP contribution is -2.43. The molecule has 1 fully saturated rings. The Morgan fingerprint density at radius 3 is 2.62 bits per heavy atom. The average molecular weight is 320 g/mol. The Kier molecular flexibility index (Phi) is 4.20. The Hall–Kier alpha value is -2.73. The van der Waals surface area contributed by atoms with Crippen LogP contribution >= 0.6 is 0 Å². The van der Waals surface area contributed by atoms with E-state index in [2.05, 4.69) is 54.8 Å². The van der Waals surface area contributed by atoms with Crippen molar-refractivity contribution in [3.05, 3.63) is 54.5 Å². The Labute approximate surface area is 141 Å². The van der Waals surface area contributed by atoms with Gasteiger partial charge in [0, 0.05) is 63.1 Å². The van der Waals surface area contributed by atoms with Crippen molar-refractivity contribution in [2.24, 2.45) is 0 Å². The van der Waals surface area contributed by atoms with Crippen molar-refractivity contribution in [3.8, 4) is 0 Å². The molecule has 2 N–H and O–H groups in total. The Bertz CT molecular complexity index is 828. The molecule has 1 aliphatic heterocycles. The van der Waals surface area contributed by atoms with Gasteiger partial charge in [0.1, 0.15) is 5.82 Å². The van der Waals surface area contributed by atoms with Crippen LogP contribution in [0, 0.1) is 0 Å². The summed E-state index contributed by atoms with van der Waals surface area (Å²) >= 11 is 0. The fourth-order valence-corrected chi connectivity index (χ4v) is 2.95. The zero-order valence-electron chi connectivity index (χ0n) is 13.4. The molecule has 0 amide bonds. The summed E-state index contributed by atoms with van der Waals surface area (Å²) in [6.45, 7) is 4.84. The van der Waals surface area contributed by atoms with E-state index in [1.807, 2.05) is 12.3 Å². The number of piperazine rings is 1. The molecule has 6 heteroatoms.